The van der Waals surface area contributed by atoms with Gasteiger partial charge in [-0.25, -0.2) is 0 Å². The number of aldehydes is 1. The van der Waals surface area contributed by atoms with Gasteiger partial charge in [-0.3, -0.25) is 9.59 Å². The number of nitrogens with two attached hydrogens (primary N) is 1. The summed E-state index contributed by atoms with van der Waals surface area (Å²) in [6, 6.07) is 5.34. The van der Waals surface area contributed by atoms with Crippen LogP contribution in [-0.4, -0.2) is 25.3 Å². The summed E-state index contributed by atoms with van der Waals surface area (Å²) in [4.78, 5) is 24.4. The predicted molar refractivity (Wildman–Crippen MR) is 71.0 cm³/mol. The van der Waals surface area contributed by atoms with Crippen LogP contribution in [0.4, 0.5) is 5.69 Å². The summed E-state index contributed by atoms with van der Waals surface area (Å²) < 4.78 is 0. The van der Waals surface area contributed by atoms with Crippen LogP contribution in [-0.2, 0) is 4.79 Å². The van der Waals surface area contributed by atoms with E-state index in [2.05, 4.69) is 0 Å². The van der Waals surface area contributed by atoms with Crippen LogP contribution >= 0.6 is 11.6 Å². The molecule has 0 spiro atoms. The largest absolute Gasteiger partial charge is 0.370 e. The van der Waals surface area contributed by atoms with Crippen molar-refractivity contribution in [2.24, 2.45) is 11.7 Å². The van der Waals surface area contributed by atoms with Gasteiger partial charge in [0.15, 0.2) is 6.29 Å². The van der Waals surface area contributed by atoms with Gasteiger partial charge in [0.1, 0.15) is 0 Å². The van der Waals surface area contributed by atoms with E-state index in [-0.39, 0.29) is 11.8 Å². The molecule has 2 N–H and O–H groups in total. The third kappa shape index (κ3) is 2.48. The normalized spacial score (nSPS) is 19.6. The zero-order valence-electron chi connectivity index (χ0n) is 9.93. The second kappa shape index (κ2) is 5.40. The maximum Gasteiger partial charge on any atom is 0.222 e. The lowest BCUT2D eigenvalue weighted by molar-refractivity contribution is -0.122. The van der Waals surface area contributed by atoms with Crippen LogP contribution in [0.2, 0.25) is 5.02 Å². The first-order valence-corrected chi connectivity index (χ1v) is 6.29. The SMILES string of the molecule is NC(=O)C1CCCN(c2cccc(Cl)c2C=O)C1. The lowest BCUT2D eigenvalue weighted by Gasteiger charge is -2.33. The van der Waals surface area contributed by atoms with Crippen molar-refractivity contribution in [1.82, 2.24) is 0 Å². The highest BCUT2D eigenvalue weighted by Crippen LogP contribution is 2.29. The van der Waals surface area contributed by atoms with E-state index in [1.165, 1.54) is 0 Å². The molecule has 1 atom stereocenters. The van der Waals surface area contributed by atoms with Crippen molar-refractivity contribution in [3.05, 3.63) is 28.8 Å². The Hall–Kier alpha value is -1.55. The van der Waals surface area contributed by atoms with Crippen LogP contribution in [0.25, 0.3) is 0 Å². The molecule has 1 aliphatic rings. The number of anilines is 1. The molecule has 5 heteroatoms. The molecule has 0 radical (unpaired) electrons. The molecule has 1 amide bonds. The summed E-state index contributed by atoms with van der Waals surface area (Å²) in [6.45, 7) is 1.36. The fraction of sp³-hybridized carbons (Fsp3) is 0.385. The summed E-state index contributed by atoms with van der Waals surface area (Å²) >= 11 is 6.00. The molecule has 4 nitrogen and oxygen atoms in total. The van der Waals surface area contributed by atoms with Crippen LogP contribution in [0.1, 0.15) is 23.2 Å². The predicted octanol–water partition coefficient (Wildman–Crippen LogP) is 1.85. The molecule has 1 aromatic carbocycles. The number of nitrogens with zero attached hydrogens (tertiary/aromatic N) is 1. The van der Waals surface area contributed by atoms with Gasteiger partial charge in [-0.1, -0.05) is 17.7 Å². The second-order valence-electron chi connectivity index (χ2n) is 4.48. The summed E-state index contributed by atoms with van der Waals surface area (Å²) in [5.41, 5.74) is 6.60. The van der Waals surface area contributed by atoms with Crippen molar-refractivity contribution in [1.29, 1.82) is 0 Å². The molecule has 1 fully saturated rings. The third-order valence-electron chi connectivity index (χ3n) is 3.31. The number of piperidine rings is 1. The van der Waals surface area contributed by atoms with Crippen molar-refractivity contribution in [2.45, 2.75) is 12.8 Å². The maximum absolute atomic E-state index is 11.3. The fourth-order valence-corrected chi connectivity index (χ4v) is 2.56. The second-order valence-corrected chi connectivity index (χ2v) is 4.89. The molecule has 0 aliphatic carbocycles. The highest BCUT2D eigenvalue weighted by molar-refractivity contribution is 6.33. The Morgan fingerprint density at radius 1 is 1.50 bits per heavy atom. The quantitative estimate of drug-likeness (QED) is 0.850. The van der Waals surface area contributed by atoms with Crippen LogP contribution in [0.15, 0.2) is 18.2 Å². The standard InChI is InChI=1S/C13H15ClN2O2/c14-11-4-1-5-12(10(11)8-17)16-6-2-3-9(7-16)13(15)18/h1,4-5,8-9H,2-3,6-7H2,(H2,15,18). The molecule has 18 heavy (non-hydrogen) atoms. The molecule has 1 heterocycles. The number of carbonyl (C=O) groups is 2. The van der Waals surface area contributed by atoms with Crippen LogP contribution in [0.5, 0.6) is 0 Å². The van der Waals surface area contributed by atoms with Crippen LogP contribution in [0, 0.1) is 5.92 Å². The average Bonchev–Trinajstić information content (AvgIpc) is 2.38. The molecule has 1 unspecified atom stereocenters. The Labute approximate surface area is 111 Å². The van der Waals surface area contributed by atoms with Gasteiger partial charge in [-0.05, 0) is 25.0 Å². The van der Waals surface area contributed by atoms with E-state index in [0.717, 1.165) is 31.4 Å². The number of hydrogen-bond donors (Lipinski definition) is 1. The molecule has 1 aliphatic heterocycles. The van der Waals surface area contributed by atoms with Crippen molar-refractivity contribution in [2.75, 3.05) is 18.0 Å². The first-order chi connectivity index (χ1) is 8.63. The summed E-state index contributed by atoms with van der Waals surface area (Å²) in [6.07, 6.45) is 2.45. The van der Waals surface area contributed by atoms with Gasteiger partial charge >= 0.3 is 0 Å². The first kappa shape index (κ1) is 12.9. The zero-order valence-corrected chi connectivity index (χ0v) is 10.7. The topological polar surface area (TPSA) is 63.4 Å². The molecule has 1 aromatic rings. The summed E-state index contributed by atoms with van der Waals surface area (Å²) in [7, 11) is 0. The first-order valence-electron chi connectivity index (χ1n) is 5.91. The van der Waals surface area contributed by atoms with E-state index in [0.29, 0.717) is 17.1 Å². The van der Waals surface area contributed by atoms with E-state index in [4.69, 9.17) is 17.3 Å². The number of halogens is 1. The van der Waals surface area contributed by atoms with Gasteiger partial charge < -0.3 is 10.6 Å². The number of benzene rings is 1. The number of primary amides is 1. The monoisotopic (exact) mass is 266 g/mol. The van der Waals surface area contributed by atoms with E-state index in [9.17, 15) is 9.59 Å². The van der Waals surface area contributed by atoms with Gasteiger partial charge in [-0.2, -0.15) is 0 Å². The molecule has 96 valence electrons. The summed E-state index contributed by atoms with van der Waals surface area (Å²) in [5, 5.41) is 0.434. The molecule has 1 saturated heterocycles. The van der Waals surface area contributed by atoms with Gasteiger partial charge in [0.05, 0.1) is 16.5 Å². The lowest BCUT2D eigenvalue weighted by atomic mass is 9.96. The van der Waals surface area contributed by atoms with E-state index < -0.39 is 0 Å². The Morgan fingerprint density at radius 3 is 2.94 bits per heavy atom. The smallest absolute Gasteiger partial charge is 0.222 e. The lowest BCUT2D eigenvalue weighted by Crippen LogP contribution is -2.41. The van der Waals surface area contributed by atoms with E-state index >= 15 is 0 Å². The summed E-state index contributed by atoms with van der Waals surface area (Å²) in [5.74, 6) is -0.438. The number of rotatable bonds is 3. The Bertz CT molecular complexity index is 476. The van der Waals surface area contributed by atoms with Gasteiger partial charge in [0, 0.05) is 18.8 Å². The van der Waals surface area contributed by atoms with Crippen LogP contribution < -0.4 is 10.6 Å². The molecule has 0 aromatic heterocycles. The zero-order chi connectivity index (χ0) is 13.1. The average molecular weight is 267 g/mol. The minimum atomic E-state index is -0.283. The van der Waals surface area contributed by atoms with Crippen molar-refractivity contribution in [3.63, 3.8) is 0 Å². The minimum Gasteiger partial charge on any atom is -0.370 e. The minimum absolute atomic E-state index is 0.155. The van der Waals surface area contributed by atoms with Gasteiger partial charge in [-0.15, -0.1) is 0 Å². The Kier molecular flexibility index (Phi) is 3.87. The van der Waals surface area contributed by atoms with Crippen LogP contribution in [0.3, 0.4) is 0 Å². The molecule has 0 saturated carbocycles. The van der Waals surface area contributed by atoms with E-state index in [1.54, 1.807) is 12.1 Å². The molecular formula is C13H15ClN2O2. The molecule has 0 bridgehead atoms. The number of hydrogen-bond acceptors (Lipinski definition) is 3. The maximum atomic E-state index is 11.3. The Balaban J connectivity index is 2.28. The molecule has 2 rings (SSSR count). The highest BCUT2D eigenvalue weighted by Gasteiger charge is 2.25. The fourth-order valence-electron chi connectivity index (χ4n) is 2.35. The van der Waals surface area contributed by atoms with Gasteiger partial charge in [0.2, 0.25) is 5.91 Å². The van der Waals surface area contributed by atoms with E-state index in [1.807, 2.05) is 11.0 Å². The molecular weight excluding hydrogens is 252 g/mol. The third-order valence-corrected chi connectivity index (χ3v) is 3.64. The Morgan fingerprint density at radius 2 is 2.28 bits per heavy atom. The highest BCUT2D eigenvalue weighted by atomic mass is 35.5. The number of amides is 1. The van der Waals surface area contributed by atoms with Crippen molar-refractivity contribution in [3.8, 4) is 0 Å². The van der Waals surface area contributed by atoms with Crippen molar-refractivity contribution < 1.29 is 9.59 Å². The van der Waals surface area contributed by atoms with Gasteiger partial charge in [0.25, 0.3) is 0 Å². The van der Waals surface area contributed by atoms with Crippen molar-refractivity contribution >= 4 is 29.5 Å². The number of carbonyl (C=O) groups excluding carboxylic acids is 2.